The van der Waals surface area contributed by atoms with Crippen LogP contribution in [0.1, 0.15) is 39.8 Å². The van der Waals surface area contributed by atoms with Crippen molar-refractivity contribution >= 4 is 17.2 Å². The van der Waals surface area contributed by atoms with Crippen molar-refractivity contribution in [1.82, 2.24) is 15.6 Å². The second-order valence-electron chi connectivity index (χ2n) is 5.03. The predicted octanol–water partition coefficient (Wildman–Crippen LogP) is 1.93. The molecule has 0 saturated heterocycles. The lowest BCUT2D eigenvalue weighted by Gasteiger charge is -2.29. The minimum Gasteiger partial charge on any atom is -0.351 e. The van der Waals surface area contributed by atoms with Crippen LogP contribution in [-0.2, 0) is 11.3 Å². The van der Waals surface area contributed by atoms with Gasteiger partial charge in [-0.25, -0.2) is 4.98 Å². The van der Waals surface area contributed by atoms with E-state index in [4.69, 9.17) is 0 Å². The molecule has 1 atom stereocenters. The Kier molecular flexibility index (Phi) is 5.08. The molecule has 96 valence electrons. The van der Waals surface area contributed by atoms with Crippen LogP contribution in [0.4, 0.5) is 0 Å². The molecule has 0 radical (unpaired) electrons. The highest BCUT2D eigenvalue weighted by Gasteiger charge is 2.21. The maximum absolute atomic E-state index is 11.0. The monoisotopic (exact) mass is 255 g/mol. The van der Waals surface area contributed by atoms with Gasteiger partial charge in [0.15, 0.2) is 0 Å². The van der Waals surface area contributed by atoms with Gasteiger partial charge in [-0.3, -0.25) is 4.79 Å². The lowest BCUT2D eigenvalue weighted by Crippen LogP contribution is -2.46. The number of hydrogen-bond acceptors (Lipinski definition) is 4. The molecule has 0 spiro atoms. The highest BCUT2D eigenvalue weighted by atomic mass is 32.1. The molecule has 0 aromatic carbocycles. The molecule has 0 aliphatic rings. The molecule has 1 unspecified atom stereocenters. The third-order valence-corrected chi connectivity index (χ3v) is 3.08. The first-order valence-corrected chi connectivity index (χ1v) is 6.72. The summed E-state index contributed by atoms with van der Waals surface area (Å²) in [5.74, 6) is 0.0155. The zero-order valence-corrected chi connectivity index (χ0v) is 11.7. The van der Waals surface area contributed by atoms with Crippen LogP contribution in [0.25, 0.3) is 0 Å². The smallest absolute Gasteiger partial charge is 0.217 e. The number of carbonyl (C=O) groups excluding carboxylic acids is 1. The van der Waals surface area contributed by atoms with E-state index in [1.807, 2.05) is 24.7 Å². The van der Waals surface area contributed by atoms with Gasteiger partial charge in [-0.2, -0.15) is 0 Å². The second kappa shape index (κ2) is 6.12. The van der Waals surface area contributed by atoms with Gasteiger partial charge in [0.25, 0.3) is 0 Å². The van der Waals surface area contributed by atoms with Crippen LogP contribution in [0.3, 0.4) is 0 Å². The third kappa shape index (κ3) is 5.79. The topological polar surface area (TPSA) is 54.0 Å². The van der Waals surface area contributed by atoms with Crippen LogP contribution < -0.4 is 10.6 Å². The van der Waals surface area contributed by atoms with E-state index in [-0.39, 0.29) is 11.4 Å². The first-order valence-electron chi connectivity index (χ1n) is 5.78. The number of amides is 1. The molecular weight excluding hydrogens is 234 g/mol. The molecular formula is C12H21N3OS. The number of aromatic nitrogens is 1. The first-order chi connectivity index (χ1) is 7.89. The molecule has 1 heterocycles. The quantitative estimate of drug-likeness (QED) is 0.816. The maximum atomic E-state index is 11.0. The third-order valence-electron chi connectivity index (χ3n) is 2.45. The van der Waals surface area contributed by atoms with Crippen molar-refractivity contribution in [2.24, 2.45) is 0 Å². The molecule has 1 amide bonds. The molecule has 1 aromatic heterocycles. The molecule has 0 aliphatic carbocycles. The van der Waals surface area contributed by atoms with Crippen molar-refractivity contribution in [2.45, 2.75) is 52.2 Å². The molecule has 17 heavy (non-hydrogen) atoms. The lowest BCUT2D eigenvalue weighted by atomic mass is 9.96. The summed E-state index contributed by atoms with van der Waals surface area (Å²) in [5.41, 5.74) is 2.72. The van der Waals surface area contributed by atoms with E-state index in [0.717, 1.165) is 18.7 Å². The van der Waals surface area contributed by atoms with Crippen molar-refractivity contribution in [3.8, 4) is 0 Å². The van der Waals surface area contributed by atoms with Gasteiger partial charge in [0.1, 0.15) is 0 Å². The number of nitrogens with one attached hydrogen (secondary N) is 2. The van der Waals surface area contributed by atoms with Gasteiger partial charge >= 0.3 is 0 Å². The molecule has 1 rings (SSSR count). The molecule has 0 saturated carbocycles. The summed E-state index contributed by atoms with van der Waals surface area (Å²) in [6.07, 6.45) is 0.886. The number of carbonyl (C=O) groups is 1. The predicted molar refractivity (Wildman–Crippen MR) is 70.9 cm³/mol. The van der Waals surface area contributed by atoms with Crippen molar-refractivity contribution in [1.29, 1.82) is 0 Å². The van der Waals surface area contributed by atoms with Gasteiger partial charge in [0.05, 0.1) is 11.2 Å². The Balaban J connectivity index is 2.33. The van der Waals surface area contributed by atoms with Gasteiger partial charge in [0, 0.05) is 30.4 Å². The van der Waals surface area contributed by atoms with Crippen LogP contribution in [0.2, 0.25) is 0 Å². The van der Waals surface area contributed by atoms with Crippen LogP contribution in [0.15, 0.2) is 10.9 Å². The second-order valence-corrected chi connectivity index (χ2v) is 5.75. The fourth-order valence-electron chi connectivity index (χ4n) is 1.97. The Morgan fingerprint density at radius 3 is 2.82 bits per heavy atom. The summed E-state index contributed by atoms with van der Waals surface area (Å²) in [6.45, 7) is 8.52. The van der Waals surface area contributed by atoms with E-state index in [2.05, 4.69) is 22.5 Å². The number of hydrogen-bond donors (Lipinski definition) is 2. The average Bonchev–Trinajstić information content (AvgIpc) is 2.63. The SMILES string of the molecule is CC(=O)NC(C)(C)CC(C)NCc1cscn1. The molecule has 0 fully saturated rings. The Morgan fingerprint density at radius 2 is 2.29 bits per heavy atom. The zero-order chi connectivity index (χ0) is 12.9. The van der Waals surface area contributed by atoms with Gasteiger partial charge in [0.2, 0.25) is 5.91 Å². The number of rotatable bonds is 6. The fraction of sp³-hybridized carbons (Fsp3) is 0.667. The zero-order valence-electron chi connectivity index (χ0n) is 10.9. The van der Waals surface area contributed by atoms with Crippen molar-refractivity contribution in [3.63, 3.8) is 0 Å². The highest BCUT2D eigenvalue weighted by Crippen LogP contribution is 2.12. The van der Waals surface area contributed by atoms with E-state index in [9.17, 15) is 4.79 Å². The first kappa shape index (κ1) is 14.1. The number of thiazole rings is 1. The van der Waals surface area contributed by atoms with E-state index < -0.39 is 0 Å². The van der Waals surface area contributed by atoms with Gasteiger partial charge in [-0.1, -0.05) is 0 Å². The Labute approximate surface area is 107 Å². The van der Waals surface area contributed by atoms with Gasteiger partial charge in [-0.15, -0.1) is 11.3 Å². The largest absolute Gasteiger partial charge is 0.351 e. The Bertz CT molecular complexity index is 349. The van der Waals surface area contributed by atoms with Crippen LogP contribution >= 0.6 is 11.3 Å². The fourth-order valence-corrected chi connectivity index (χ4v) is 2.53. The molecule has 1 aromatic rings. The average molecular weight is 255 g/mol. The summed E-state index contributed by atoms with van der Waals surface area (Å²) in [5, 5.41) is 8.40. The molecule has 4 nitrogen and oxygen atoms in total. The molecule has 0 aliphatic heterocycles. The van der Waals surface area contributed by atoms with E-state index in [1.165, 1.54) is 0 Å². The maximum Gasteiger partial charge on any atom is 0.217 e. The van der Waals surface area contributed by atoms with E-state index in [0.29, 0.717) is 6.04 Å². The summed E-state index contributed by atoms with van der Waals surface area (Å²) < 4.78 is 0. The minimum atomic E-state index is -0.180. The summed E-state index contributed by atoms with van der Waals surface area (Å²) in [7, 11) is 0. The standard InChI is InChI=1S/C12H21N3OS/c1-9(5-12(3,4)15-10(2)16)13-6-11-7-17-8-14-11/h7-9,13H,5-6H2,1-4H3,(H,15,16). The van der Waals surface area contributed by atoms with Crippen molar-refractivity contribution in [2.75, 3.05) is 0 Å². The van der Waals surface area contributed by atoms with Gasteiger partial charge in [-0.05, 0) is 27.2 Å². The molecule has 5 heteroatoms. The van der Waals surface area contributed by atoms with Gasteiger partial charge < -0.3 is 10.6 Å². The molecule has 0 bridgehead atoms. The van der Waals surface area contributed by atoms with Crippen molar-refractivity contribution < 1.29 is 4.79 Å². The number of nitrogens with zero attached hydrogens (tertiary/aromatic N) is 1. The van der Waals surface area contributed by atoms with Crippen LogP contribution in [0, 0.1) is 0 Å². The molecule has 2 N–H and O–H groups in total. The Morgan fingerprint density at radius 1 is 1.59 bits per heavy atom. The van der Waals surface area contributed by atoms with Crippen LogP contribution in [-0.4, -0.2) is 22.5 Å². The highest BCUT2D eigenvalue weighted by molar-refractivity contribution is 7.07. The summed E-state index contributed by atoms with van der Waals surface area (Å²) >= 11 is 1.60. The Hall–Kier alpha value is -0.940. The van der Waals surface area contributed by atoms with Crippen molar-refractivity contribution in [3.05, 3.63) is 16.6 Å². The lowest BCUT2D eigenvalue weighted by molar-refractivity contribution is -0.120. The van der Waals surface area contributed by atoms with E-state index in [1.54, 1.807) is 18.3 Å². The van der Waals surface area contributed by atoms with Crippen LogP contribution in [0.5, 0.6) is 0 Å². The summed E-state index contributed by atoms with van der Waals surface area (Å²) in [6, 6.07) is 0.332. The minimum absolute atomic E-state index is 0.0155. The van der Waals surface area contributed by atoms with E-state index >= 15 is 0 Å². The summed E-state index contributed by atoms with van der Waals surface area (Å²) in [4.78, 5) is 15.3. The normalized spacial score (nSPS) is 13.4.